The fourth-order valence-corrected chi connectivity index (χ4v) is 3.72. The Bertz CT molecular complexity index is 953. The summed E-state index contributed by atoms with van der Waals surface area (Å²) in [5, 5.41) is 2.20. The Morgan fingerprint density at radius 1 is 0.818 bits per heavy atom. The molecule has 0 aliphatic carbocycles. The van der Waals surface area contributed by atoms with Gasteiger partial charge in [-0.3, -0.25) is 0 Å². The number of halogens is 2. The van der Waals surface area contributed by atoms with E-state index in [0.717, 1.165) is 10.8 Å². The van der Waals surface area contributed by atoms with Crippen LogP contribution in [0.4, 0.5) is 0 Å². The molecule has 0 aromatic heterocycles. The maximum Gasteiger partial charge on any atom is 0.340 e. The average Bonchev–Trinajstić information content (AvgIpc) is 2.49. The number of hydrogen-bond donors (Lipinski definition) is 0. The van der Waals surface area contributed by atoms with E-state index >= 15 is 0 Å². The van der Waals surface area contributed by atoms with E-state index in [0.29, 0.717) is 0 Å². The van der Waals surface area contributed by atoms with E-state index in [1.54, 1.807) is 18.2 Å². The molecule has 0 saturated heterocycles. The van der Waals surface area contributed by atoms with Gasteiger partial charge in [0.05, 0.1) is 5.02 Å². The third-order valence-electron chi connectivity index (χ3n) is 3.09. The number of benzene rings is 3. The zero-order valence-corrected chi connectivity index (χ0v) is 13.5. The summed E-state index contributed by atoms with van der Waals surface area (Å²) in [6.45, 7) is 0. The van der Waals surface area contributed by atoms with Crippen LogP contribution < -0.4 is 4.18 Å². The molecule has 0 unspecified atom stereocenters. The van der Waals surface area contributed by atoms with Crippen LogP contribution in [0.3, 0.4) is 0 Å². The Balaban J connectivity index is 2.01. The molecule has 0 fully saturated rings. The van der Waals surface area contributed by atoms with Gasteiger partial charge in [-0.15, -0.1) is 0 Å². The van der Waals surface area contributed by atoms with Crippen molar-refractivity contribution in [3.05, 3.63) is 70.7 Å². The first-order valence-corrected chi connectivity index (χ1v) is 8.50. The molecule has 6 heteroatoms. The number of rotatable bonds is 3. The summed E-state index contributed by atoms with van der Waals surface area (Å²) in [5.74, 6) is 0.217. The Morgan fingerprint density at radius 3 is 2.32 bits per heavy atom. The molecule has 3 aromatic rings. The molecule has 0 amide bonds. The van der Waals surface area contributed by atoms with Gasteiger partial charge >= 0.3 is 10.1 Å². The summed E-state index contributed by atoms with van der Waals surface area (Å²) in [6, 6.07) is 16.8. The molecule has 3 rings (SSSR count). The van der Waals surface area contributed by atoms with E-state index in [9.17, 15) is 8.42 Å². The van der Waals surface area contributed by atoms with Gasteiger partial charge in [-0.25, -0.2) is 0 Å². The Labute approximate surface area is 138 Å². The van der Waals surface area contributed by atoms with Crippen molar-refractivity contribution in [2.45, 2.75) is 4.90 Å². The van der Waals surface area contributed by atoms with E-state index in [1.807, 2.05) is 24.3 Å². The third-order valence-corrected chi connectivity index (χ3v) is 5.05. The van der Waals surface area contributed by atoms with Crippen LogP contribution in [0.15, 0.2) is 65.6 Å². The zero-order valence-electron chi connectivity index (χ0n) is 11.2. The van der Waals surface area contributed by atoms with Crippen LogP contribution in [0.25, 0.3) is 10.8 Å². The summed E-state index contributed by atoms with van der Waals surface area (Å²) < 4.78 is 29.9. The Hall–Kier alpha value is -1.75. The molecule has 0 aliphatic rings. The summed E-state index contributed by atoms with van der Waals surface area (Å²) in [5.41, 5.74) is 0. The molecule has 3 aromatic carbocycles. The van der Waals surface area contributed by atoms with Crippen molar-refractivity contribution in [2.75, 3.05) is 0 Å². The molecule has 0 radical (unpaired) electrons. The first-order chi connectivity index (χ1) is 10.5. The van der Waals surface area contributed by atoms with Crippen LogP contribution >= 0.6 is 23.2 Å². The van der Waals surface area contributed by atoms with Crippen LogP contribution in [0.1, 0.15) is 0 Å². The largest absolute Gasteiger partial charge is 0.379 e. The van der Waals surface area contributed by atoms with Crippen molar-refractivity contribution in [3.63, 3.8) is 0 Å². The Kier molecular flexibility index (Phi) is 4.00. The van der Waals surface area contributed by atoms with Crippen LogP contribution in [-0.2, 0) is 10.1 Å². The molecule has 112 valence electrons. The highest BCUT2D eigenvalue weighted by Crippen LogP contribution is 2.29. The molecular formula is C16H10Cl2O3S. The molecule has 0 heterocycles. The molecule has 0 bridgehead atoms. The van der Waals surface area contributed by atoms with Crippen LogP contribution in [0.2, 0.25) is 10.0 Å². The monoisotopic (exact) mass is 352 g/mol. The van der Waals surface area contributed by atoms with Crippen LogP contribution in [0.5, 0.6) is 5.75 Å². The van der Waals surface area contributed by atoms with Gasteiger partial charge in [0.25, 0.3) is 0 Å². The molecule has 0 N–H and O–H groups in total. The van der Waals surface area contributed by atoms with Crippen molar-refractivity contribution in [3.8, 4) is 5.75 Å². The second kappa shape index (κ2) is 5.80. The lowest BCUT2D eigenvalue weighted by Gasteiger charge is -2.09. The van der Waals surface area contributed by atoms with Crippen LogP contribution in [0, 0.1) is 0 Å². The lowest BCUT2D eigenvalue weighted by Crippen LogP contribution is -2.10. The summed E-state index contributed by atoms with van der Waals surface area (Å²) in [6.07, 6.45) is 0. The average molecular weight is 353 g/mol. The standard InChI is InChI=1S/C16H10Cl2O3S/c17-13-6-8-15(18)16(10-13)22(19,20)21-14-7-5-11-3-1-2-4-12(11)9-14/h1-10H. The maximum absolute atomic E-state index is 12.3. The van der Waals surface area contributed by atoms with Crippen molar-refractivity contribution in [2.24, 2.45) is 0 Å². The lowest BCUT2D eigenvalue weighted by atomic mass is 10.1. The fourth-order valence-electron chi connectivity index (χ4n) is 2.06. The molecule has 0 atom stereocenters. The van der Waals surface area contributed by atoms with Crippen molar-refractivity contribution < 1.29 is 12.6 Å². The molecular weight excluding hydrogens is 343 g/mol. The predicted octanol–water partition coefficient (Wildman–Crippen LogP) is 4.91. The number of hydrogen-bond acceptors (Lipinski definition) is 3. The smallest absolute Gasteiger partial charge is 0.340 e. The highest BCUT2D eigenvalue weighted by molar-refractivity contribution is 7.87. The molecule has 3 nitrogen and oxygen atoms in total. The second-order valence-electron chi connectivity index (χ2n) is 4.62. The summed E-state index contributed by atoms with van der Waals surface area (Å²) >= 11 is 11.7. The first kappa shape index (κ1) is 15.2. The van der Waals surface area contributed by atoms with Crippen LogP contribution in [-0.4, -0.2) is 8.42 Å². The SMILES string of the molecule is O=S(=O)(Oc1ccc2ccccc2c1)c1cc(Cl)ccc1Cl. The molecule has 22 heavy (non-hydrogen) atoms. The maximum atomic E-state index is 12.3. The van der Waals surface area contributed by atoms with E-state index in [2.05, 4.69) is 0 Å². The van der Waals surface area contributed by atoms with E-state index in [1.165, 1.54) is 18.2 Å². The van der Waals surface area contributed by atoms with E-state index in [-0.39, 0.29) is 20.7 Å². The fraction of sp³-hybridized carbons (Fsp3) is 0. The minimum Gasteiger partial charge on any atom is -0.379 e. The highest BCUT2D eigenvalue weighted by Gasteiger charge is 2.21. The molecule has 0 spiro atoms. The van der Waals surface area contributed by atoms with Gasteiger partial charge in [0.2, 0.25) is 0 Å². The second-order valence-corrected chi connectivity index (χ2v) is 6.98. The van der Waals surface area contributed by atoms with Gasteiger partial charge in [-0.1, -0.05) is 53.5 Å². The van der Waals surface area contributed by atoms with E-state index in [4.69, 9.17) is 27.4 Å². The normalized spacial score (nSPS) is 11.5. The zero-order chi connectivity index (χ0) is 15.7. The first-order valence-electron chi connectivity index (χ1n) is 6.34. The van der Waals surface area contributed by atoms with E-state index < -0.39 is 10.1 Å². The minimum absolute atomic E-state index is 0.0604. The highest BCUT2D eigenvalue weighted by atomic mass is 35.5. The van der Waals surface area contributed by atoms with Crippen molar-refractivity contribution in [1.82, 2.24) is 0 Å². The topological polar surface area (TPSA) is 43.4 Å². The van der Waals surface area contributed by atoms with Gasteiger partial charge in [0, 0.05) is 5.02 Å². The van der Waals surface area contributed by atoms with Crippen molar-refractivity contribution in [1.29, 1.82) is 0 Å². The van der Waals surface area contributed by atoms with Gasteiger partial charge < -0.3 is 4.18 Å². The van der Waals surface area contributed by atoms with Crippen molar-refractivity contribution >= 4 is 44.1 Å². The number of fused-ring (bicyclic) bond motifs is 1. The molecule has 0 aliphatic heterocycles. The van der Waals surface area contributed by atoms with Gasteiger partial charge in [0.1, 0.15) is 10.6 Å². The quantitative estimate of drug-likeness (QED) is 0.628. The van der Waals surface area contributed by atoms with Gasteiger partial charge in [0.15, 0.2) is 0 Å². The molecule has 0 saturated carbocycles. The Morgan fingerprint density at radius 2 is 1.55 bits per heavy atom. The minimum atomic E-state index is -4.05. The van der Waals surface area contributed by atoms with Gasteiger partial charge in [-0.05, 0) is 41.1 Å². The van der Waals surface area contributed by atoms with Gasteiger partial charge in [-0.2, -0.15) is 8.42 Å². The lowest BCUT2D eigenvalue weighted by molar-refractivity contribution is 0.486. The summed E-state index contributed by atoms with van der Waals surface area (Å²) in [4.78, 5) is -0.158. The predicted molar refractivity (Wildman–Crippen MR) is 88.2 cm³/mol. The summed E-state index contributed by atoms with van der Waals surface area (Å²) in [7, 11) is -4.05. The third kappa shape index (κ3) is 3.04.